The maximum Gasteiger partial charge on any atom is 0.276 e. The first-order chi connectivity index (χ1) is 17.8. The summed E-state index contributed by atoms with van der Waals surface area (Å²) in [6.45, 7) is 1.89. The van der Waals surface area contributed by atoms with Crippen LogP contribution in [0.15, 0.2) is 88.9 Å². The van der Waals surface area contributed by atoms with Gasteiger partial charge in [-0.1, -0.05) is 67.3 Å². The Morgan fingerprint density at radius 3 is 2.22 bits per heavy atom. The molecule has 8 nitrogen and oxygen atoms in total. The standard InChI is InChI=1S/C28H30N4O4S/c1-20-12-18-25(19-13-20)37(35,36)30-29-26(21-14-16-24(17-15-21)32(33)34)28-27(22-8-4-2-5-9-22)31(28)23-10-6-3-7-11-23/h2,4-5,8-9,12-19,23,27-28,30H,3,6-7,10-11H2,1H3/b29-26+/t27-,28+,31?/m1/s1. The molecule has 2 aliphatic rings. The predicted molar refractivity (Wildman–Crippen MR) is 143 cm³/mol. The first-order valence-corrected chi connectivity index (χ1v) is 14.1. The number of nitrogens with one attached hydrogen (secondary N) is 1. The first-order valence-electron chi connectivity index (χ1n) is 12.6. The van der Waals surface area contributed by atoms with E-state index in [-0.39, 0.29) is 22.7 Å². The number of nitrogens with zero attached hydrogens (tertiary/aromatic N) is 3. The molecule has 192 valence electrons. The van der Waals surface area contributed by atoms with Gasteiger partial charge < -0.3 is 0 Å². The highest BCUT2D eigenvalue weighted by Gasteiger charge is 2.55. The molecule has 1 aliphatic carbocycles. The van der Waals surface area contributed by atoms with Crippen LogP contribution >= 0.6 is 0 Å². The third-order valence-electron chi connectivity index (χ3n) is 7.26. The fraction of sp³-hybridized carbons (Fsp3) is 0.321. The zero-order valence-corrected chi connectivity index (χ0v) is 21.5. The summed E-state index contributed by atoms with van der Waals surface area (Å²) in [5.74, 6) is 0. The van der Waals surface area contributed by atoms with Crippen LogP contribution in [0.3, 0.4) is 0 Å². The third kappa shape index (κ3) is 5.42. The van der Waals surface area contributed by atoms with Gasteiger partial charge in [0.1, 0.15) is 0 Å². The molecule has 1 unspecified atom stereocenters. The molecule has 0 spiro atoms. The van der Waals surface area contributed by atoms with Crippen molar-refractivity contribution in [1.82, 2.24) is 9.73 Å². The minimum absolute atomic E-state index is 0.0251. The zero-order chi connectivity index (χ0) is 26.0. The lowest BCUT2D eigenvalue weighted by Gasteiger charge is -2.24. The molecular formula is C28H30N4O4S. The molecule has 5 rings (SSSR count). The summed E-state index contributed by atoms with van der Waals surface area (Å²) in [6, 6.07) is 23.2. The molecule has 1 aliphatic heterocycles. The van der Waals surface area contributed by atoms with E-state index < -0.39 is 14.9 Å². The van der Waals surface area contributed by atoms with E-state index in [1.165, 1.54) is 31.4 Å². The van der Waals surface area contributed by atoms with Crippen molar-refractivity contribution < 1.29 is 13.3 Å². The van der Waals surface area contributed by atoms with Gasteiger partial charge in [0.05, 0.1) is 27.6 Å². The van der Waals surface area contributed by atoms with Crippen LogP contribution in [0, 0.1) is 17.0 Å². The molecule has 9 heteroatoms. The minimum Gasteiger partial charge on any atom is -0.281 e. The molecule has 1 saturated carbocycles. The largest absolute Gasteiger partial charge is 0.281 e. The number of rotatable bonds is 8. The molecule has 0 radical (unpaired) electrons. The maximum atomic E-state index is 13.1. The number of hydrogen-bond acceptors (Lipinski definition) is 6. The van der Waals surface area contributed by atoms with Crippen LogP contribution in [0.1, 0.15) is 54.8 Å². The second kappa shape index (κ2) is 10.4. The van der Waals surface area contributed by atoms with Crippen LogP contribution < -0.4 is 4.83 Å². The van der Waals surface area contributed by atoms with Crippen LogP contribution in [0.4, 0.5) is 5.69 Å². The van der Waals surface area contributed by atoms with Crippen molar-refractivity contribution in [2.24, 2.45) is 5.10 Å². The van der Waals surface area contributed by atoms with Gasteiger partial charge in [-0.2, -0.15) is 18.4 Å². The summed E-state index contributed by atoms with van der Waals surface area (Å²) in [4.78, 5) is 15.8. The number of nitro benzene ring substituents is 1. The molecule has 0 bridgehead atoms. The fourth-order valence-electron chi connectivity index (χ4n) is 5.31. The topological polar surface area (TPSA) is 105 Å². The van der Waals surface area contributed by atoms with Crippen LogP contribution in [0.25, 0.3) is 0 Å². The second-order valence-electron chi connectivity index (χ2n) is 9.75. The van der Waals surface area contributed by atoms with Gasteiger partial charge in [-0.25, -0.2) is 0 Å². The predicted octanol–water partition coefficient (Wildman–Crippen LogP) is 5.34. The molecule has 2 fully saturated rings. The molecule has 37 heavy (non-hydrogen) atoms. The van der Waals surface area contributed by atoms with Gasteiger partial charge in [0.25, 0.3) is 15.7 Å². The molecule has 0 amide bonds. The smallest absolute Gasteiger partial charge is 0.276 e. The van der Waals surface area contributed by atoms with E-state index in [0.717, 1.165) is 24.0 Å². The summed E-state index contributed by atoms with van der Waals surface area (Å²) in [5.41, 5.74) is 3.30. The van der Waals surface area contributed by atoms with E-state index >= 15 is 0 Å². The number of aryl methyl sites for hydroxylation is 1. The second-order valence-corrected chi connectivity index (χ2v) is 11.4. The van der Waals surface area contributed by atoms with Gasteiger partial charge >= 0.3 is 0 Å². The number of nitro groups is 1. The highest BCUT2D eigenvalue weighted by molar-refractivity contribution is 7.89. The molecule has 3 atom stereocenters. The van der Waals surface area contributed by atoms with Gasteiger partial charge in [-0.05, 0) is 55.2 Å². The molecule has 3 aromatic rings. The van der Waals surface area contributed by atoms with Crippen molar-refractivity contribution in [2.75, 3.05) is 0 Å². The number of sulfonamides is 1. The number of hydrazone groups is 1. The van der Waals surface area contributed by atoms with Crippen molar-refractivity contribution in [2.45, 2.75) is 62.0 Å². The molecular weight excluding hydrogens is 488 g/mol. The van der Waals surface area contributed by atoms with Gasteiger partial charge in [0.15, 0.2) is 0 Å². The van der Waals surface area contributed by atoms with Gasteiger partial charge in [-0.3, -0.25) is 15.0 Å². The number of non-ortho nitro benzene ring substituents is 1. The summed E-state index contributed by atoms with van der Waals surface area (Å²) in [6.07, 6.45) is 5.73. The van der Waals surface area contributed by atoms with Crippen molar-refractivity contribution >= 4 is 21.4 Å². The Morgan fingerprint density at radius 1 is 0.946 bits per heavy atom. The zero-order valence-electron chi connectivity index (χ0n) is 20.7. The lowest BCUT2D eigenvalue weighted by Crippen LogP contribution is -2.28. The maximum absolute atomic E-state index is 13.1. The fourth-order valence-corrected chi connectivity index (χ4v) is 6.13. The molecule has 0 aromatic heterocycles. The number of hydrogen-bond donors (Lipinski definition) is 1. The summed E-state index contributed by atoms with van der Waals surface area (Å²) in [7, 11) is -3.90. The monoisotopic (exact) mass is 518 g/mol. The summed E-state index contributed by atoms with van der Waals surface area (Å²) in [5, 5.41) is 15.7. The van der Waals surface area contributed by atoms with Crippen LogP contribution in [-0.2, 0) is 10.0 Å². The van der Waals surface area contributed by atoms with E-state index in [1.54, 1.807) is 36.4 Å². The van der Waals surface area contributed by atoms with Crippen molar-refractivity contribution in [3.8, 4) is 0 Å². The van der Waals surface area contributed by atoms with Crippen molar-refractivity contribution in [1.29, 1.82) is 0 Å². The van der Waals surface area contributed by atoms with Crippen LogP contribution in [0.5, 0.6) is 0 Å². The van der Waals surface area contributed by atoms with Gasteiger partial charge in [0, 0.05) is 18.2 Å². The van der Waals surface area contributed by atoms with E-state index in [4.69, 9.17) is 0 Å². The molecule has 1 heterocycles. The van der Waals surface area contributed by atoms with Gasteiger partial charge in [0.2, 0.25) is 0 Å². The normalized spacial score (nSPS) is 22.4. The summed E-state index contributed by atoms with van der Waals surface area (Å²) >= 11 is 0. The average Bonchev–Trinajstić information content (AvgIpc) is 3.65. The quantitative estimate of drug-likeness (QED) is 0.187. The highest BCUT2D eigenvalue weighted by Crippen LogP contribution is 2.49. The molecule has 3 aromatic carbocycles. The highest BCUT2D eigenvalue weighted by atomic mass is 32.2. The minimum atomic E-state index is -3.90. The third-order valence-corrected chi connectivity index (χ3v) is 8.49. The summed E-state index contributed by atoms with van der Waals surface area (Å²) < 4.78 is 26.2. The molecule has 1 N–H and O–H groups in total. The van der Waals surface area contributed by atoms with E-state index in [1.807, 2.05) is 25.1 Å². The van der Waals surface area contributed by atoms with Gasteiger partial charge in [-0.15, -0.1) is 0 Å². The SMILES string of the molecule is Cc1ccc(S(=O)(=O)N/N=C(\c2ccc([N+](=O)[O-])cc2)[C@H]2[C@@H](c3ccccc3)N2C2CCCCC2)cc1. The van der Waals surface area contributed by atoms with E-state index in [9.17, 15) is 18.5 Å². The lowest BCUT2D eigenvalue weighted by molar-refractivity contribution is -0.384. The van der Waals surface area contributed by atoms with Crippen molar-refractivity contribution in [3.63, 3.8) is 0 Å². The Labute approximate surface area is 217 Å². The first kappa shape index (κ1) is 25.1. The van der Waals surface area contributed by atoms with Crippen LogP contribution in [0.2, 0.25) is 0 Å². The Kier molecular flexibility index (Phi) is 7.08. The Hall–Kier alpha value is -3.56. The molecule has 1 saturated heterocycles. The van der Waals surface area contributed by atoms with E-state index in [2.05, 4.69) is 27.0 Å². The Bertz CT molecular complexity index is 1380. The number of benzene rings is 3. The average molecular weight is 519 g/mol. The van der Waals surface area contributed by atoms with Crippen molar-refractivity contribution in [3.05, 3.63) is 106 Å². The lowest BCUT2D eigenvalue weighted by atomic mass is 9.95. The Balaban J connectivity index is 1.54. The van der Waals surface area contributed by atoms with Crippen LogP contribution in [-0.4, -0.2) is 36.0 Å². The Morgan fingerprint density at radius 2 is 1.59 bits per heavy atom. The van der Waals surface area contributed by atoms with E-state index in [0.29, 0.717) is 17.3 Å².